The molecule has 0 aliphatic carbocycles. The molecule has 4 rings (SSSR count). The molecule has 1 fully saturated rings. The third-order valence-corrected chi connectivity index (χ3v) is 5.68. The molecule has 1 aliphatic heterocycles. The number of nitrogens with one attached hydrogen (secondary N) is 1. The standard InChI is InChI=1S/C22H23N3O2S/c26-21(24-18-10-5-2-6-11-18)16-28-22-23-14-20(17-8-3-1-4-9-17)25(22)15-19-12-7-13-27-19/h1-6,8-11,14,19H,7,12-13,15-16H2,(H,24,26)/t19-/m1/s1. The molecule has 2 heterocycles. The molecule has 1 aromatic heterocycles. The number of thioether (sulfide) groups is 1. The summed E-state index contributed by atoms with van der Waals surface area (Å²) in [6.07, 6.45) is 4.25. The maximum atomic E-state index is 12.3. The van der Waals surface area contributed by atoms with Gasteiger partial charge < -0.3 is 14.6 Å². The van der Waals surface area contributed by atoms with Crippen LogP contribution in [0.15, 0.2) is 72.0 Å². The number of hydrogen-bond acceptors (Lipinski definition) is 4. The number of hydrogen-bond donors (Lipinski definition) is 1. The highest BCUT2D eigenvalue weighted by Crippen LogP contribution is 2.28. The van der Waals surface area contributed by atoms with Gasteiger partial charge in [0.2, 0.25) is 5.91 Å². The van der Waals surface area contributed by atoms with E-state index in [0.717, 1.165) is 48.1 Å². The second-order valence-electron chi connectivity index (χ2n) is 6.74. The number of para-hydroxylation sites is 1. The molecule has 28 heavy (non-hydrogen) atoms. The van der Waals surface area contributed by atoms with Gasteiger partial charge in [0.15, 0.2) is 5.16 Å². The highest BCUT2D eigenvalue weighted by Gasteiger charge is 2.21. The van der Waals surface area contributed by atoms with Crippen LogP contribution in [-0.4, -0.2) is 33.9 Å². The van der Waals surface area contributed by atoms with Crippen LogP contribution in [0.2, 0.25) is 0 Å². The van der Waals surface area contributed by atoms with Crippen LogP contribution >= 0.6 is 11.8 Å². The number of rotatable bonds is 7. The first-order valence-corrected chi connectivity index (χ1v) is 10.5. The van der Waals surface area contributed by atoms with E-state index in [-0.39, 0.29) is 12.0 Å². The summed E-state index contributed by atoms with van der Waals surface area (Å²) >= 11 is 1.46. The molecule has 6 heteroatoms. The Kier molecular flexibility index (Phi) is 6.09. The number of anilines is 1. The summed E-state index contributed by atoms with van der Waals surface area (Å²) < 4.78 is 8.03. The van der Waals surface area contributed by atoms with Crippen molar-refractivity contribution >= 4 is 23.4 Å². The van der Waals surface area contributed by atoms with E-state index in [2.05, 4.69) is 27.0 Å². The topological polar surface area (TPSA) is 56.2 Å². The van der Waals surface area contributed by atoms with Gasteiger partial charge in [-0.1, -0.05) is 60.3 Å². The van der Waals surface area contributed by atoms with Crippen molar-refractivity contribution in [2.45, 2.75) is 30.6 Å². The largest absolute Gasteiger partial charge is 0.376 e. The Morgan fingerprint density at radius 2 is 1.89 bits per heavy atom. The normalized spacial score (nSPS) is 16.2. The van der Waals surface area contributed by atoms with Crippen molar-refractivity contribution in [1.82, 2.24) is 9.55 Å². The average molecular weight is 394 g/mol. The summed E-state index contributed by atoms with van der Waals surface area (Å²) in [5.41, 5.74) is 2.98. The lowest BCUT2D eigenvalue weighted by molar-refractivity contribution is -0.113. The molecule has 0 bridgehead atoms. The number of benzene rings is 2. The Hall–Kier alpha value is -2.57. The molecular weight excluding hydrogens is 370 g/mol. The minimum absolute atomic E-state index is 0.0378. The van der Waals surface area contributed by atoms with E-state index in [9.17, 15) is 4.79 Å². The van der Waals surface area contributed by atoms with Crippen LogP contribution in [0.1, 0.15) is 12.8 Å². The first-order chi connectivity index (χ1) is 13.8. The lowest BCUT2D eigenvalue weighted by atomic mass is 10.1. The Bertz CT molecular complexity index is 906. The van der Waals surface area contributed by atoms with Gasteiger partial charge in [-0.25, -0.2) is 4.98 Å². The minimum atomic E-state index is -0.0378. The summed E-state index contributed by atoms with van der Waals surface area (Å²) in [4.78, 5) is 16.9. The van der Waals surface area contributed by atoms with E-state index >= 15 is 0 Å². The molecule has 0 radical (unpaired) electrons. The van der Waals surface area contributed by atoms with Crippen LogP contribution < -0.4 is 5.32 Å². The molecule has 1 aliphatic rings. The third kappa shape index (κ3) is 4.64. The second kappa shape index (κ2) is 9.08. The van der Waals surface area contributed by atoms with Crippen molar-refractivity contribution in [2.75, 3.05) is 17.7 Å². The van der Waals surface area contributed by atoms with Gasteiger partial charge in [0.1, 0.15) is 0 Å². The van der Waals surface area contributed by atoms with Crippen molar-refractivity contribution < 1.29 is 9.53 Å². The number of carbonyl (C=O) groups is 1. The van der Waals surface area contributed by atoms with Gasteiger partial charge in [0, 0.05) is 12.3 Å². The highest BCUT2D eigenvalue weighted by molar-refractivity contribution is 7.99. The summed E-state index contributed by atoms with van der Waals surface area (Å²) in [7, 11) is 0. The maximum Gasteiger partial charge on any atom is 0.234 e. The van der Waals surface area contributed by atoms with Crippen LogP contribution in [0.5, 0.6) is 0 Å². The summed E-state index contributed by atoms with van der Waals surface area (Å²) in [5, 5.41) is 3.77. The van der Waals surface area contributed by atoms with Crippen LogP contribution in [0.25, 0.3) is 11.3 Å². The van der Waals surface area contributed by atoms with Crippen molar-refractivity contribution in [3.63, 3.8) is 0 Å². The van der Waals surface area contributed by atoms with Gasteiger partial charge in [-0.05, 0) is 30.5 Å². The van der Waals surface area contributed by atoms with E-state index in [1.54, 1.807) is 0 Å². The minimum Gasteiger partial charge on any atom is -0.376 e. The van der Waals surface area contributed by atoms with Crippen molar-refractivity contribution in [3.05, 3.63) is 66.9 Å². The number of imidazole rings is 1. The maximum absolute atomic E-state index is 12.3. The molecule has 3 aromatic rings. The molecule has 1 amide bonds. The number of nitrogens with zero attached hydrogens (tertiary/aromatic N) is 2. The molecule has 0 spiro atoms. The molecular formula is C22H23N3O2S. The Balaban J connectivity index is 1.49. The zero-order chi connectivity index (χ0) is 19.2. The molecule has 5 nitrogen and oxygen atoms in total. The monoisotopic (exact) mass is 393 g/mol. The number of carbonyl (C=O) groups excluding carboxylic acids is 1. The Labute approximate surface area is 169 Å². The Morgan fingerprint density at radius 1 is 1.14 bits per heavy atom. The lowest BCUT2D eigenvalue weighted by Crippen LogP contribution is -2.18. The zero-order valence-electron chi connectivity index (χ0n) is 15.6. The predicted molar refractivity (Wildman–Crippen MR) is 112 cm³/mol. The van der Waals surface area contributed by atoms with Gasteiger partial charge in [-0.2, -0.15) is 0 Å². The van der Waals surface area contributed by atoms with Crippen LogP contribution in [0.3, 0.4) is 0 Å². The van der Waals surface area contributed by atoms with Gasteiger partial charge in [0.25, 0.3) is 0 Å². The molecule has 1 N–H and O–H groups in total. The number of amides is 1. The van der Waals surface area contributed by atoms with E-state index in [4.69, 9.17) is 4.74 Å². The molecule has 2 aromatic carbocycles. The van der Waals surface area contributed by atoms with Crippen molar-refractivity contribution in [3.8, 4) is 11.3 Å². The summed E-state index contributed by atoms with van der Waals surface area (Å²) in [6.45, 7) is 1.58. The van der Waals surface area contributed by atoms with E-state index < -0.39 is 0 Å². The summed E-state index contributed by atoms with van der Waals surface area (Å²) in [5.74, 6) is 0.273. The first kappa shape index (κ1) is 18.8. The van der Waals surface area contributed by atoms with Crippen LogP contribution in [0, 0.1) is 0 Å². The third-order valence-electron chi connectivity index (χ3n) is 4.69. The second-order valence-corrected chi connectivity index (χ2v) is 7.68. The molecule has 1 atom stereocenters. The Morgan fingerprint density at radius 3 is 2.61 bits per heavy atom. The smallest absolute Gasteiger partial charge is 0.234 e. The number of aromatic nitrogens is 2. The molecule has 1 saturated heterocycles. The lowest BCUT2D eigenvalue weighted by Gasteiger charge is -2.16. The van der Waals surface area contributed by atoms with Gasteiger partial charge in [-0.3, -0.25) is 4.79 Å². The van der Waals surface area contributed by atoms with Crippen molar-refractivity contribution in [1.29, 1.82) is 0 Å². The molecule has 0 saturated carbocycles. The fourth-order valence-electron chi connectivity index (χ4n) is 3.33. The predicted octanol–water partition coefficient (Wildman–Crippen LogP) is 4.46. The van der Waals surface area contributed by atoms with Crippen LogP contribution in [0.4, 0.5) is 5.69 Å². The summed E-state index contributed by atoms with van der Waals surface area (Å²) in [6, 6.07) is 19.7. The zero-order valence-corrected chi connectivity index (χ0v) is 16.4. The van der Waals surface area contributed by atoms with Gasteiger partial charge >= 0.3 is 0 Å². The molecule has 0 unspecified atom stereocenters. The average Bonchev–Trinajstić information content (AvgIpc) is 3.38. The first-order valence-electron chi connectivity index (χ1n) is 9.50. The SMILES string of the molecule is O=C(CSc1ncc(-c2ccccc2)n1C[C@H]1CCCO1)Nc1ccccc1. The van der Waals surface area contributed by atoms with E-state index in [0.29, 0.717) is 5.75 Å². The number of ether oxygens (including phenoxy) is 1. The van der Waals surface area contributed by atoms with Crippen molar-refractivity contribution in [2.24, 2.45) is 0 Å². The van der Waals surface area contributed by atoms with E-state index in [1.165, 1.54) is 11.8 Å². The molecule has 144 valence electrons. The van der Waals surface area contributed by atoms with Gasteiger partial charge in [-0.15, -0.1) is 0 Å². The highest BCUT2D eigenvalue weighted by atomic mass is 32.2. The fraction of sp³-hybridized carbons (Fsp3) is 0.273. The van der Waals surface area contributed by atoms with E-state index in [1.807, 2.05) is 54.7 Å². The fourth-order valence-corrected chi connectivity index (χ4v) is 4.12. The van der Waals surface area contributed by atoms with Crippen LogP contribution in [-0.2, 0) is 16.1 Å². The quantitative estimate of drug-likeness (QED) is 0.602. The van der Waals surface area contributed by atoms with Gasteiger partial charge in [0.05, 0.1) is 30.3 Å².